The van der Waals surface area contributed by atoms with Gasteiger partial charge in [0.25, 0.3) is 0 Å². The van der Waals surface area contributed by atoms with Gasteiger partial charge in [-0.1, -0.05) is 24.9 Å². The van der Waals surface area contributed by atoms with Crippen LogP contribution in [-0.2, 0) is 15.4 Å². The number of rotatable bonds is 3. The molecule has 1 heterocycles. The second kappa shape index (κ2) is 4.86. The molecule has 1 aromatic heterocycles. The fourth-order valence-corrected chi connectivity index (χ4v) is 3.04. The van der Waals surface area contributed by atoms with E-state index in [0.717, 1.165) is 31.9 Å². The number of aromatic nitrogens is 2. The third-order valence-corrected chi connectivity index (χ3v) is 5.40. The summed E-state index contributed by atoms with van der Waals surface area (Å²) in [6.45, 7) is 3.69. The molecule has 1 aliphatic rings. The first kappa shape index (κ1) is 14.5. The van der Waals surface area contributed by atoms with E-state index < -0.39 is 20.6 Å². The Hall–Kier alpha value is -0.950. The van der Waals surface area contributed by atoms with Gasteiger partial charge in [-0.25, -0.2) is 8.42 Å². The van der Waals surface area contributed by atoms with Gasteiger partial charge in [0, 0.05) is 6.26 Å². The molecule has 0 radical (unpaired) electrons. The van der Waals surface area contributed by atoms with Crippen LogP contribution in [0.1, 0.15) is 56.5 Å². The standard InChI is InChI=1S/C12H21N3O3S/c1-8-5-4-6-12(13,7-8)11-14-10(18-15-11)9(2)19(3,16)17/h8-9H,4-7,13H2,1-3H3. The van der Waals surface area contributed by atoms with E-state index in [4.69, 9.17) is 10.3 Å². The summed E-state index contributed by atoms with van der Waals surface area (Å²) in [5.41, 5.74) is 5.77. The summed E-state index contributed by atoms with van der Waals surface area (Å²) in [5.74, 6) is 1.08. The van der Waals surface area contributed by atoms with Crippen molar-refractivity contribution in [3.05, 3.63) is 11.7 Å². The summed E-state index contributed by atoms with van der Waals surface area (Å²) in [5, 5.41) is 3.11. The molecule has 0 amide bonds. The van der Waals surface area contributed by atoms with Gasteiger partial charge in [0.15, 0.2) is 15.7 Å². The number of sulfone groups is 1. The lowest BCUT2D eigenvalue weighted by molar-refractivity contribution is 0.221. The van der Waals surface area contributed by atoms with Crippen LogP contribution in [0.4, 0.5) is 0 Å². The lowest BCUT2D eigenvalue weighted by Crippen LogP contribution is -2.42. The van der Waals surface area contributed by atoms with Crippen LogP contribution >= 0.6 is 0 Å². The van der Waals surface area contributed by atoms with E-state index in [1.165, 1.54) is 0 Å². The van der Waals surface area contributed by atoms with E-state index >= 15 is 0 Å². The van der Waals surface area contributed by atoms with E-state index in [-0.39, 0.29) is 5.89 Å². The van der Waals surface area contributed by atoms with Crippen LogP contribution in [0, 0.1) is 5.92 Å². The molecule has 1 aliphatic carbocycles. The van der Waals surface area contributed by atoms with Crippen LogP contribution in [0.3, 0.4) is 0 Å². The van der Waals surface area contributed by atoms with Crippen LogP contribution in [-0.4, -0.2) is 24.8 Å². The lowest BCUT2D eigenvalue weighted by Gasteiger charge is -2.33. The molecule has 1 fully saturated rings. The maximum absolute atomic E-state index is 11.5. The van der Waals surface area contributed by atoms with Crippen molar-refractivity contribution in [2.75, 3.05) is 6.26 Å². The molecular weight excluding hydrogens is 266 g/mol. The van der Waals surface area contributed by atoms with Gasteiger partial charge in [-0.05, 0) is 25.7 Å². The minimum absolute atomic E-state index is 0.126. The van der Waals surface area contributed by atoms with Crippen molar-refractivity contribution >= 4 is 9.84 Å². The highest BCUT2D eigenvalue weighted by molar-refractivity contribution is 7.90. The SMILES string of the molecule is CC1CCCC(N)(c2noc(C(C)S(C)(=O)=O)n2)C1. The molecule has 2 rings (SSSR count). The summed E-state index contributed by atoms with van der Waals surface area (Å²) in [7, 11) is -3.24. The second-order valence-electron chi connectivity index (χ2n) is 5.79. The number of hydrogen-bond acceptors (Lipinski definition) is 6. The molecular formula is C12H21N3O3S. The second-order valence-corrected chi connectivity index (χ2v) is 8.15. The molecule has 2 N–H and O–H groups in total. The van der Waals surface area contributed by atoms with Crippen molar-refractivity contribution in [2.45, 2.75) is 50.3 Å². The first-order valence-electron chi connectivity index (χ1n) is 6.54. The van der Waals surface area contributed by atoms with E-state index in [1.807, 2.05) is 0 Å². The molecule has 1 saturated carbocycles. The van der Waals surface area contributed by atoms with Gasteiger partial charge in [-0.15, -0.1) is 0 Å². The van der Waals surface area contributed by atoms with Gasteiger partial charge >= 0.3 is 0 Å². The largest absolute Gasteiger partial charge is 0.338 e. The number of nitrogens with two attached hydrogens (primary N) is 1. The molecule has 0 bridgehead atoms. The molecule has 1 aromatic rings. The zero-order chi connectivity index (χ0) is 14.3. The molecule has 0 spiro atoms. The zero-order valence-corrected chi connectivity index (χ0v) is 12.4. The fourth-order valence-electron chi connectivity index (χ4n) is 2.58. The minimum atomic E-state index is -3.24. The summed E-state index contributed by atoms with van der Waals surface area (Å²) < 4.78 is 28.1. The highest BCUT2D eigenvalue weighted by Crippen LogP contribution is 2.36. The maximum Gasteiger partial charge on any atom is 0.244 e. The van der Waals surface area contributed by atoms with Crippen LogP contribution in [0.2, 0.25) is 0 Å². The molecule has 7 heteroatoms. The Balaban J connectivity index is 2.26. The fraction of sp³-hybridized carbons (Fsp3) is 0.833. The quantitative estimate of drug-likeness (QED) is 0.905. The van der Waals surface area contributed by atoms with Crippen molar-refractivity contribution in [1.82, 2.24) is 10.1 Å². The highest BCUT2D eigenvalue weighted by Gasteiger charge is 2.38. The first-order valence-corrected chi connectivity index (χ1v) is 8.50. The van der Waals surface area contributed by atoms with Crippen LogP contribution in [0.15, 0.2) is 4.52 Å². The Morgan fingerprint density at radius 3 is 2.79 bits per heavy atom. The number of hydrogen-bond donors (Lipinski definition) is 1. The Bertz CT molecular complexity index is 554. The predicted octanol–water partition coefficient (Wildman–Crippen LogP) is 1.54. The molecule has 0 saturated heterocycles. The van der Waals surface area contributed by atoms with Crippen LogP contribution < -0.4 is 5.73 Å². The van der Waals surface area contributed by atoms with Crippen molar-refractivity contribution in [3.63, 3.8) is 0 Å². The van der Waals surface area contributed by atoms with Gasteiger partial charge < -0.3 is 10.3 Å². The highest BCUT2D eigenvalue weighted by atomic mass is 32.2. The smallest absolute Gasteiger partial charge is 0.244 e. The van der Waals surface area contributed by atoms with Crippen molar-refractivity contribution in [1.29, 1.82) is 0 Å². The summed E-state index contributed by atoms with van der Waals surface area (Å²) in [6.07, 6.45) is 4.96. The Morgan fingerprint density at radius 2 is 2.21 bits per heavy atom. The zero-order valence-electron chi connectivity index (χ0n) is 11.6. The molecule has 0 aliphatic heterocycles. The van der Waals surface area contributed by atoms with E-state index in [1.54, 1.807) is 6.92 Å². The average molecular weight is 287 g/mol. The molecule has 108 valence electrons. The van der Waals surface area contributed by atoms with Crippen molar-refractivity contribution < 1.29 is 12.9 Å². The van der Waals surface area contributed by atoms with Gasteiger partial charge in [0.1, 0.15) is 5.25 Å². The Kier molecular flexibility index (Phi) is 3.70. The van der Waals surface area contributed by atoms with Crippen LogP contribution in [0.25, 0.3) is 0 Å². The first-order chi connectivity index (χ1) is 8.72. The van der Waals surface area contributed by atoms with Crippen molar-refractivity contribution in [3.8, 4) is 0 Å². The van der Waals surface area contributed by atoms with E-state index in [0.29, 0.717) is 11.7 Å². The molecule has 0 aromatic carbocycles. The molecule has 19 heavy (non-hydrogen) atoms. The lowest BCUT2D eigenvalue weighted by atomic mass is 9.76. The third kappa shape index (κ3) is 2.97. The van der Waals surface area contributed by atoms with Gasteiger partial charge in [0.2, 0.25) is 5.89 Å². The normalized spacial score (nSPS) is 30.2. The third-order valence-electron chi connectivity index (χ3n) is 3.91. The maximum atomic E-state index is 11.5. The van der Waals surface area contributed by atoms with E-state index in [2.05, 4.69) is 17.1 Å². The number of nitrogens with zero attached hydrogens (tertiary/aromatic N) is 2. The Labute approximate surface area is 113 Å². The van der Waals surface area contributed by atoms with E-state index in [9.17, 15) is 8.42 Å². The van der Waals surface area contributed by atoms with Gasteiger partial charge in [-0.2, -0.15) is 4.98 Å². The minimum Gasteiger partial charge on any atom is -0.338 e. The molecule has 6 nitrogen and oxygen atoms in total. The molecule has 3 unspecified atom stereocenters. The average Bonchev–Trinajstić information content (AvgIpc) is 2.76. The molecule has 3 atom stereocenters. The van der Waals surface area contributed by atoms with Crippen LogP contribution in [0.5, 0.6) is 0 Å². The van der Waals surface area contributed by atoms with Crippen molar-refractivity contribution in [2.24, 2.45) is 11.7 Å². The van der Waals surface area contributed by atoms with Gasteiger partial charge in [-0.3, -0.25) is 0 Å². The summed E-state index contributed by atoms with van der Waals surface area (Å²) >= 11 is 0. The van der Waals surface area contributed by atoms with Gasteiger partial charge in [0.05, 0.1) is 5.54 Å². The Morgan fingerprint density at radius 1 is 1.53 bits per heavy atom. The summed E-state index contributed by atoms with van der Waals surface area (Å²) in [6, 6.07) is 0. The monoisotopic (exact) mass is 287 g/mol. The predicted molar refractivity (Wildman–Crippen MR) is 71.1 cm³/mol. The topological polar surface area (TPSA) is 99.1 Å². The summed E-state index contributed by atoms with van der Waals surface area (Å²) in [4.78, 5) is 4.22.